The Hall–Kier alpha value is -2.43. The molecular formula is C20H20N2O3. The number of allylic oxidation sites excluding steroid dienone is 2. The van der Waals surface area contributed by atoms with Gasteiger partial charge in [-0.05, 0) is 49.1 Å². The molecule has 1 aromatic carbocycles. The minimum absolute atomic E-state index is 0.154. The van der Waals surface area contributed by atoms with E-state index in [1.165, 1.54) is 4.90 Å². The Labute approximate surface area is 146 Å². The van der Waals surface area contributed by atoms with Gasteiger partial charge in [0.05, 0.1) is 11.8 Å². The Morgan fingerprint density at radius 2 is 1.60 bits per heavy atom. The summed E-state index contributed by atoms with van der Waals surface area (Å²) in [7, 11) is 0. The predicted octanol–water partition coefficient (Wildman–Crippen LogP) is 1.99. The highest BCUT2D eigenvalue weighted by molar-refractivity contribution is 6.09. The molecule has 3 fully saturated rings. The van der Waals surface area contributed by atoms with Crippen LogP contribution in [0, 0.1) is 42.4 Å². The molecule has 1 aromatic rings. The zero-order valence-corrected chi connectivity index (χ0v) is 14.0. The summed E-state index contributed by atoms with van der Waals surface area (Å²) >= 11 is 0. The largest absolute Gasteiger partial charge is 0.325 e. The maximum absolute atomic E-state index is 12.8. The number of benzene rings is 1. The Morgan fingerprint density at radius 1 is 1.04 bits per heavy atom. The number of amides is 3. The molecule has 0 unspecified atom stereocenters. The van der Waals surface area contributed by atoms with Crippen LogP contribution in [0.4, 0.5) is 5.69 Å². The topological polar surface area (TPSA) is 66.5 Å². The molecule has 1 N–H and O–H groups in total. The summed E-state index contributed by atoms with van der Waals surface area (Å²) in [5, 5.41) is 2.77. The molecule has 2 bridgehead atoms. The van der Waals surface area contributed by atoms with Crippen molar-refractivity contribution in [1.29, 1.82) is 0 Å². The van der Waals surface area contributed by atoms with Crippen LogP contribution in [0.1, 0.15) is 12.0 Å². The maximum atomic E-state index is 12.8. The number of likely N-dealkylation sites (tertiary alicyclic amines) is 1. The highest BCUT2D eigenvalue weighted by atomic mass is 16.2. The number of aryl methyl sites for hydroxylation is 1. The molecule has 1 heterocycles. The minimum Gasteiger partial charge on any atom is -0.325 e. The summed E-state index contributed by atoms with van der Waals surface area (Å²) in [6.07, 6.45) is 5.42. The predicted molar refractivity (Wildman–Crippen MR) is 91.2 cm³/mol. The first kappa shape index (κ1) is 14.9. The quantitative estimate of drug-likeness (QED) is 0.678. The van der Waals surface area contributed by atoms with Crippen LogP contribution in [-0.4, -0.2) is 29.2 Å². The Balaban J connectivity index is 1.32. The molecule has 25 heavy (non-hydrogen) atoms. The smallest absolute Gasteiger partial charge is 0.244 e. The van der Waals surface area contributed by atoms with Crippen molar-refractivity contribution in [2.45, 2.75) is 13.3 Å². The van der Waals surface area contributed by atoms with Crippen molar-refractivity contribution >= 4 is 23.4 Å². The zero-order chi connectivity index (χ0) is 17.3. The molecule has 0 radical (unpaired) electrons. The van der Waals surface area contributed by atoms with E-state index in [4.69, 9.17) is 0 Å². The lowest BCUT2D eigenvalue weighted by Crippen LogP contribution is -2.40. The summed E-state index contributed by atoms with van der Waals surface area (Å²) < 4.78 is 0. The third-order valence-electron chi connectivity index (χ3n) is 6.39. The van der Waals surface area contributed by atoms with Gasteiger partial charge in [0, 0.05) is 5.69 Å². The molecule has 4 aliphatic carbocycles. The van der Waals surface area contributed by atoms with Gasteiger partial charge in [-0.25, -0.2) is 0 Å². The van der Waals surface area contributed by atoms with E-state index in [1.54, 1.807) is 0 Å². The fourth-order valence-corrected chi connectivity index (χ4v) is 5.16. The van der Waals surface area contributed by atoms with E-state index in [-0.39, 0.29) is 47.9 Å². The van der Waals surface area contributed by atoms with Crippen LogP contribution >= 0.6 is 0 Å². The van der Waals surface area contributed by atoms with Crippen LogP contribution in [0.15, 0.2) is 36.4 Å². The highest BCUT2D eigenvalue weighted by Gasteiger charge is 2.67. The third kappa shape index (κ3) is 2.11. The second-order valence-corrected chi connectivity index (χ2v) is 7.83. The van der Waals surface area contributed by atoms with Crippen LogP contribution in [0.25, 0.3) is 0 Å². The molecule has 6 rings (SSSR count). The van der Waals surface area contributed by atoms with Crippen LogP contribution < -0.4 is 5.32 Å². The first-order chi connectivity index (χ1) is 12.0. The van der Waals surface area contributed by atoms with Crippen molar-refractivity contribution in [2.75, 3.05) is 11.9 Å². The van der Waals surface area contributed by atoms with Crippen LogP contribution in [0.3, 0.4) is 0 Å². The molecule has 5 aliphatic rings. The summed E-state index contributed by atoms with van der Waals surface area (Å²) in [5.74, 6) is 0.441. The second-order valence-electron chi connectivity index (χ2n) is 7.83. The fraction of sp³-hybridized carbons (Fsp3) is 0.450. The molecule has 5 heteroatoms. The van der Waals surface area contributed by atoms with Gasteiger partial charge in [-0.1, -0.05) is 29.8 Å². The molecular weight excluding hydrogens is 316 g/mol. The van der Waals surface area contributed by atoms with Crippen molar-refractivity contribution in [3.63, 3.8) is 0 Å². The van der Waals surface area contributed by atoms with Gasteiger partial charge in [0.2, 0.25) is 17.7 Å². The van der Waals surface area contributed by atoms with E-state index in [9.17, 15) is 14.4 Å². The fourth-order valence-electron chi connectivity index (χ4n) is 5.16. The molecule has 5 nitrogen and oxygen atoms in total. The number of anilines is 1. The van der Waals surface area contributed by atoms with Crippen LogP contribution in [0.5, 0.6) is 0 Å². The van der Waals surface area contributed by atoms with Gasteiger partial charge in [-0.2, -0.15) is 0 Å². The molecule has 3 amide bonds. The number of hydrogen-bond donors (Lipinski definition) is 1. The number of nitrogens with one attached hydrogen (secondary N) is 1. The molecule has 6 atom stereocenters. The van der Waals surface area contributed by atoms with Crippen molar-refractivity contribution in [3.8, 4) is 0 Å². The van der Waals surface area contributed by atoms with Crippen LogP contribution in [-0.2, 0) is 14.4 Å². The van der Waals surface area contributed by atoms with Gasteiger partial charge >= 0.3 is 0 Å². The van der Waals surface area contributed by atoms with Crippen molar-refractivity contribution in [1.82, 2.24) is 4.90 Å². The van der Waals surface area contributed by atoms with E-state index in [2.05, 4.69) is 17.5 Å². The zero-order valence-electron chi connectivity index (χ0n) is 14.0. The standard InChI is InChI=1S/C20H20N2O3/c1-10-2-4-11(5-3-10)21-16(23)9-22-19(24)17-12-6-7-13(15-8-14(12)15)18(17)20(22)25/h2-7,12-15,17-18H,8-9H2,1H3,(H,21,23)/t12-,13+,14-,15-,17+,18-/m1/s1. The number of hydrogen-bond acceptors (Lipinski definition) is 3. The number of imide groups is 1. The molecule has 1 aliphatic heterocycles. The number of rotatable bonds is 3. The van der Waals surface area contributed by atoms with E-state index in [1.807, 2.05) is 31.2 Å². The third-order valence-corrected chi connectivity index (χ3v) is 6.39. The monoisotopic (exact) mass is 336 g/mol. The molecule has 2 saturated carbocycles. The Bertz CT molecular complexity index is 777. The van der Waals surface area contributed by atoms with Gasteiger partial charge in [0.25, 0.3) is 0 Å². The van der Waals surface area contributed by atoms with Crippen LogP contribution in [0.2, 0.25) is 0 Å². The first-order valence-electron chi connectivity index (χ1n) is 8.94. The number of carbonyl (C=O) groups is 3. The minimum atomic E-state index is -0.324. The average molecular weight is 336 g/mol. The first-order valence-corrected chi connectivity index (χ1v) is 8.94. The SMILES string of the molecule is Cc1ccc(NC(=O)CN2C(=O)[C@@H]3[C@H]4C=C[C@H]([C@H]5C[C@H]45)[C@@H]3C2=O)cc1. The highest BCUT2D eigenvalue weighted by Crippen LogP contribution is 2.65. The van der Waals surface area contributed by atoms with Gasteiger partial charge < -0.3 is 5.32 Å². The van der Waals surface area contributed by atoms with Crippen molar-refractivity contribution < 1.29 is 14.4 Å². The van der Waals surface area contributed by atoms with Gasteiger partial charge in [0.1, 0.15) is 6.54 Å². The summed E-state index contributed by atoms with van der Waals surface area (Å²) in [4.78, 5) is 39.2. The van der Waals surface area contributed by atoms with Crippen molar-refractivity contribution in [2.24, 2.45) is 35.5 Å². The Kier molecular flexibility index (Phi) is 3.00. The summed E-state index contributed by atoms with van der Waals surface area (Å²) in [6, 6.07) is 7.45. The lowest BCUT2D eigenvalue weighted by molar-refractivity contribution is -0.142. The van der Waals surface area contributed by atoms with Gasteiger partial charge in [-0.15, -0.1) is 0 Å². The average Bonchev–Trinajstić information content (AvgIpc) is 3.38. The Morgan fingerprint density at radius 3 is 2.16 bits per heavy atom. The molecule has 0 spiro atoms. The number of carbonyl (C=O) groups excluding carboxylic acids is 3. The van der Waals surface area contributed by atoms with Gasteiger partial charge in [-0.3, -0.25) is 19.3 Å². The van der Waals surface area contributed by atoms with E-state index in [0.29, 0.717) is 17.5 Å². The van der Waals surface area contributed by atoms with Crippen molar-refractivity contribution in [3.05, 3.63) is 42.0 Å². The lowest BCUT2D eigenvalue weighted by atomic mass is 9.63. The molecule has 1 saturated heterocycles. The molecule has 128 valence electrons. The normalized spacial score (nSPS) is 37.1. The summed E-state index contributed by atoms with van der Waals surface area (Å²) in [5.41, 5.74) is 1.78. The van der Waals surface area contributed by atoms with E-state index in [0.717, 1.165) is 12.0 Å². The van der Waals surface area contributed by atoms with E-state index >= 15 is 0 Å². The second kappa shape index (κ2) is 5.04. The van der Waals surface area contributed by atoms with E-state index < -0.39 is 0 Å². The molecule has 0 aromatic heterocycles. The lowest BCUT2D eigenvalue weighted by Gasteiger charge is -2.37. The maximum Gasteiger partial charge on any atom is 0.244 e. The van der Waals surface area contributed by atoms with Gasteiger partial charge in [0.15, 0.2) is 0 Å². The summed E-state index contributed by atoms with van der Waals surface area (Å²) in [6.45, 7) is 1.79. The number of nitrogens with zero attached hydrogens (tertiary/aromatic N) is 1.